The molecule has 2 aliphatic rings. The van der Waals surface area contributed by atoms with E-state index in [0.29, 0.717) is 32.6 Å². The van der Waals surface area contributed by atoms with Gasteiger partial charge in [-0.3, -0.25) is 9.59 Å². The first-order chi connectivity index (χ1) is 12.4. The summed E-state index contributed by atoms with van der Waals surface area (Å²) in [5.41, 5.74) is 1.02. The summed E-state index contributed by atoms with van der Waals surface area (Å²) in [6.07, 6.45) is 2.12. The first-order valence-corrected chi connectivity index (χ1v) is 10.2. The first kappa shape index (κ1) is 19.4. The molecule has 0 spiro atoms. The van der Waals surface area contributed by atoms with Crippen molar-refractivity contribution in [2.45, 2.75) is 45.3 Å². The Kier molecular flexibility index (Phi) is 6.35. The van der Waals surface area contributed by atoms with E-state index in [4.69, 9.17) is 4.74 Å². The van der Waals surface area contributed by atoms with Gasteiger partial charge < -0.3 is 14.5 Å². The molecule has 1 aromatic rings. The molecule has 6 heteroatoms. The van der Waals surface area contributed by atoms with Crippen LogP contribution in [0.25, 0.3) is 0 Å². The number of likely N-dealkylation sites (tertiary alicyclic amines) is 1. The van der Waals surface area contributed by atoms with E-state index >= 15 is 0 Å². The SMILES string of the molecule is C[C@@H]1CN(C(=O)C2CCN(C(=O)Cc3ccc(Br)cc3)CC2)C[C@H](C)O1. The Hall–Kier alpha value is -1.40. The van der Waals surface area contributed by atoms with Crippen molar-refractivity contribution in [1.29, 1.82) is 0 Å². The first-order valence-electron chi connectivity index (χ1n) is 9.39. The quantitative estimate of drug-likeness (QED) is 0.752. The number of benzene rings is 1. The van der Waals surface area contributed by atoms with Gasteiger partial charge in [-0.05, 0) is 44.4 Å². The van der Waals surface area contributed by atoms with Crippen molar-refractivity contribution in [2.24, 2.45) is 5.92 Å². The second kappa shape index (κ2) is 8.53. The van der Waals surface area contributed by atoms with E-state index in [1.54, 1.807) is 0 Å². The van der Waals surface area contributed by atoms with Gasteiger partial charge in [0.05, 0.1) is 18.6 Å². The standard InChI is InChI=1S/C20H27BrN2O3/c1-14-12-23(13-15(2)26-14)20(25)17-7-9-22(10-8-17)19(24)11-16-3-5-18(21)6-4-16/h3-6,14-15,17H,7-13H2,1-2H3/t14-,15+. The van der Waals surface area contributed by atoms with Crippen molar-refractivity contribution in [3.05, 3.63) is 34.3 Å². The monoisotopic (exact) mass is 422 g/mol. The molecule has 2 saturated heterocycles. The molecule has 0 radical (unpaired) electrons. The Morgan fingerprint density at radius 3 is 2.19 bits per heavy atom. The third kappa shape index (κ3) is 4.86. The summed E-state index contributed by atoms with van der Waals surface area (Å²) in [5.74, 6) is 0.406. The van der Waals surface area contributed by atoms with E-state index in [9.17, 15) is 9.59 Å². The highest BCUT2D eigenvalue weighted by molar-refractivity contribution is 9.10. The zero-order valence-electron chi connectivity index (χ0n) is 15.5. The van der Waals surface area contributed by atoms with Crippen molar-refractivity contribution in [2.75, 3.05) is 26.2 Å². The zero-order chi connectivity index (χ0) is 18.7. The highest BCUT2D eigenvalue weighted by atomic mass is 79.9. The van der Waals surface area contributed by atoms with Crippen LogP contribution in [0, 0.1) is 5.92 Å². The molecular weight excluding hydrogens is 396 g/mol. The number of ether oxygens (including phenoxy) is 1. The van der Waals surface area contributed by atoms with Gasteiger partial charge in [-0.15, -0.1) is 0 Å². The summed E-state index contributed by atoms with van der Waals surface area (Å²) in [4.78, 5) is 29.2. The Balaban J connectivity index is 1.49. The minimum atomic E-state index is 0.0317. The number of halogens is 1. The fraction of sp³-hybridized carbons (Fsp3) is 0.600. The maximum absolute atomic E-state index is 12.8. The maximum atomic E-state index is 12.8. The highest BCUT2D eigenvalue weighted by Gasteiger charge is 2.33. The van der Waals surface area contributed by atoms with Crippen molar-refractivity contribution >= 4 is 27.7 Å². The maximum Gasteiger partial charge on any atom is 0.226 e. The van der Waals surface area contributed by atoms with E-state index in [0.717, 1.165) is 22.9 Å². The molecule has 26 heavy (non-hydrogen) atoms. The Morgan fingerprint density at radius 1 is 1.04 bits per heavy atom. The fourth-order valence-corrected chi connectivity index (χ4v) is 4.14. The van der Waals surface area contributed by atoms with Gasteiger partial charge in [-0.25, -0.2) is 0 Å². The van der Waals surface area contributed by atoms with E-state index in [-0.39, 0.29) is 29.9 Å². The molecule has 2 amide bonds. The van der Waals surface area contributed by atoms with Crippen LogP contribution in [0.15, 0.2) is 28.7 Å². The van der Waals surface area contributed by atoms with Gasteiger partial charge in [0.15, 0.2) is 0 Å². The predicted molar refractivity (Wildman–Crippen MR) is 104 cm³/mol. The van der Waals surface area contributed by atoms with Crippen LogP contribution in [0.3, 0.4) is 0 Å². The van der Waals surface area contributed by atoms with Crippen LogP contribution >= 0.6 is 15.9 Å². The topological polar surface area (TPSA) is 49.9 Å². The van der Waals surface area contributed by atoms with Crippen molar-refractivity contribution < 1.29 is 14.3 Å². The summed E-state index contributed by atoms with van der Waals surface area (Å²) in [5, 5.41) is 0. The Morgan fingerprint density at radius 2 is 1.62 bits per heavy atom. The molecule has 0 unspecified atom stereocenters. The molecule has 0 N–H and O–H groups in total. The number of amides is 2. The van der Waals surface area contributed by atoms with E-state index in [1.165, 1.54) is 0 Å². The van der Waals surface area contributed by atoms with Crippen molar-refractivity contribution in [1.82, 2.24) is 9.80 Å². The molecule has 2 fully saturated rings. The minimum absolute atomic E-state index is 0.0317. The number of carbonyl (C=O) groups excluding carboxylic acids is 2. The Bertz CT molecular complexity index is 631. The zero-order valence-corrected chi connectivity index (χ0v) is 17.1. The lowest BCUT2D eigenvalue weighted by Crippen LogP contribution is -2.51. The Labute approximate surface area is 163 Å². The number of carbonyl (C=O) groups is 2. The van der Waals surface area contributed by atoms with Crippen LogP contribution in [-0.2, 0) is 20.7 Å². The van der Waals surface area contributed by atoms with E-state index in [2.05, 4.69) is 15.9 Å². The second-order valence-corrected chi connectivity index (χ2v) is 8.37. The number of hydrogen-bond donors (Lipinski definition) is 0. The molecule has 0 aliphatic carbocycles. The number of nitrogens with zero attached hydrogens (tertiary/aromatic N) is 2. The van der Waals surface area contributed by atoms with Crippen molar-refractivity contribution in [3.63, 3.8) is 0 Å². The number of morpholine rings is 1. The number of rotatable bonds is 3. The predicted octanol–water partition coefficient (Wildman–Crippen LogP) is 2.87. The smallest absolute Gasteiger partial charge is 0.226 e. The third-order valence-corrected chi connectivity index (χ3v) is 5.73. The van der Waals surface area contributed by atoms with Gasteiger partial charge in [0.2, 0.25) is 11.8 Å². The summed E-state index contributed by atoms with van der Waals surface area (Å²) < 4.78 is 6.73. The summed E-state index contributed by atoms with van der Waals surface area (Å²) in [6, 6.07) is 7.85. The average molecular weight is 423 g/mol. The molecule has 3 rings (SSSR count). The molecule has 0 saturated carbocycles. The second-order valence-electron chi connectivity index (χ2n) is 7.46. The van der Waals surface area contributed by atoms with Crippen LogP contribution < -0.4 is 0 Å². The van der Waals surface area contributed by atoms with Gasteiger partial charge in [0, 0.05) is 36.6 Å². The van der Waals surface area contributed by atoms with Crippen LogP contribution in [0.2, 0.25) is 0 Å². The van der Waals surface area contributed by atoms with Gasteiger partial charge in [0.1, 0.15) is 0 Å². The van der Waals surface area contributed by atoms with Crippen LogP contribution in [0.5, 0.6) is 0 Å². The third-order valence-electron chi connectivity index (χ3n) is 5.20. The molecule has 0 aromatic heterocycles. The van der Waals surface area contributed by atoms with Gasteiger partial charge in [-0.2, -0.15) is 0 Å². The molecule has 142 valence electrons. The van der Waals surface area contributed by atoms with Crippen LogP contribution in [-0.4, -0.2) is 60.0 Å². The lowest BCUT2D eigenvalue weighted by atomic mass is 9.94. The van der Waals surface area contributed by atoms with Gasteiger partial charge in [-0.1, -0.05) is 28.1 Å². The van der Waals surface area contributed by atoms with Crippen molar-refractivity contribution in [3.8, 4) is 0 Å². The largest absolute Gasteiger partial charge is 0.372 e. The molecule has 2 heterocycles. The molecule has 5 nitrogen and oxygen atoms in total. The molecule has 0 bridgehead atoms. The summed E-state index contributed by atoms with van der Waals surface area (Å²) >= 11 is 3.41. The van der Waals surface area contributed by atoms with E-state index < -0.39 is 0 Å². The minimum Gasteiger partial charge on any atom is -0.372 e. The highest BCUT2D eigenvalue weighted by Crippen LogP contribution is 2.23. The van der Waals surface area contributed by atoms with Gasteiger partial charge in [0.25, 0.3) is 0 Å². The molecule has 1 aromatic carbocycles. The number of piperidine rings is 1. The fourth-order valence-electron chi connectivity index (χ4n) is 3.88. The summed E-state index contributed by atoms with van der Waals surface area (Å²) in [6.45, 7) is 6.71. The lowest BCUT2D eigenvalue weighted by molar-refractivity contribution is -0.150. The lowest BCUT2D eigenvalue weighted by Gasteiger charge is -2.39. The normalized spacial score (nSPS) is 24.6. The molecular formula is C20H27BrN2O3. The van der Waals surface area contributed by atoms with E-state index in [1.807, 2.05) is 47.9 Å². The van der Waals surface area contributed by atoms with Gasteiger partial charge >= 0.3 is 0 Å². The summed E-state index contributed by atoms with van der Waals surface area (Å²) in [7, 11) is 0. The van der Waals surface area contributed by atoms with Crippen LogP contribution in [0.4, 0.5) is 0 Å². The van der Waals surface area contributed by atoms with Crippen LogP contribution in [0.1, 0.15) is 32.3 Å². The average Bonchev–Trinajstić information content (AvgIpc) is 2.62. The number of hydrogen-bond acceptors (Lipinski definition) is 3. The molecule has 2 atom stereocenters. The molecule has 2 aliphatic heterocycles.